The molecule has 1 aromatic heterocycles. The topological polar surface area (TPSA) is 64.1 Å². The predicted molar refractivity (Wildman–Crippen MR) is 88.6 cm³/mol. The molecule has 1 heterocycles. The lowest BCUT2D eigenvalue weighted by molar-refractivity contribution is 0.0525. The molecular formula is C17H17ClFN3O2. The Balaban J connectivity index is 1.80. The highest BCUT2D eigenvalue weighted by Crippen LogP contribution is 2.44. The molecule has 5 nitrogen and oxygen atoms in total. The van der Waals surface area contributed by atoms with Crippen LogP contribution < -0.4 is 5.32 Å². The number of rotatable bonds is 5. The van der Waals surface area contributed by atoms with Gasteiger partial charge in [-0.1, -0.05) is 17.7 Å². The van der Waals surface area contributed by atoms with Crippen LogP contribution in [0.2, 0.25) is 5.02 Å². The van der Waals surface area contributed by atoms with E-state index in [2.05, 4.69) is 15.3 Å². The molecule has 1 aromatic carbocycles. The fourth-order valence-corrected chi connectivity index (χ4v) is 2.92. The van der Waals surface area contributed by atoms with Crippen LogP contribution in [0.15, 0.2) is 30.6 Å². The molecular weight excluding hydrogens is 333 g/mol. The Morgan fingerprint density at radius 3 is 2.62 bits per heavy atom. The molecule has 24 heavy (non-hydrogen) atoms. The van der Waals surface area contributed by atoms with E-state index < -0.39 is 11.8 Å². The Hall–Kier alpha value is -2.21. The molecule has 1 fully saturated rings. The Morgan fingerprint density at radius 2 is 2.08 bits per heavy atom. The summed E-state index contributed by atoms with van der Waals surface area (Å²) in [5.41, 5.74) is 0.844. The number of esters is 1. The molecule has 0 aliphatic heterocycles. The summed E-state index contributed by atoms with van der Waals surface area (Å²) in [6.45, 7) is 2.04. The van der Waals surface area contributed by atoms with Crippen LogP contribution in [0, 0.1) is 5.82 Å². The number of hydrogen-bond acceptors (Lipinski definition) is 5. The van der Waals surface area contributed by atoms with Crippen molar-refractivity contribution in [2.24, 2.45) is 0 Å². The van der Waals surface area contributed by atoms with Gasteiger partial charge in [-0.05, 0) is 43.9 Å². The van der Waals surface area contributed by atoms with Crippen LogP contribution in [0.5, 0.6) is 0 Å². The molecule has 3 rings (SSSR count). The van der Waals surface area contributed by atoms with Crippen molar-refractivity contribution in [2.45, 2.75) is 31.7 Å². The summed E-state index contributed by atoms with van der Waals surface area (Å²) >= 11 is 5.90. The van der Waals surface area contributed by atoms with Gasteiger partial charge in [0.1, 0.15) is 5.82 Å². The Labute approximate surface area is 144 Å². The number of hydrogen-bond donors (Lipinski definition) is 1. The SMILES string of the molecule is CCOC(=O)c1cnc(NC2(c3ccc(F)c(Cl)c3)CCC2)nc1. The molecule has 126 valence electrons. The van der Waals surface area contributed by atoms with Gasteiger partial charge in [0.15, 0.2) is 0 Å². The van der Waals surface area contributed by atoms with Gasteiger partial charge in [0, 0.05) is 12.4 Å². The first-order valence-corrected chi connectivity index (χ1v) is 8.15. The zero-order valence-electron chi connectivity index (χ0n) is 13.2. The second kappa shape index (κ2) is 6.73. The monoisotopic (exact) mass is 349 g/mol. The molecule has 0 amide bonds. The first-order valence-electron chi connectivity index (χ1n) is 7.77. The number of ether oxygens (including phenoxy) is 1. The van der Waals surface area contributed by atoms with Gasteiger partial charge in [-0.15, -0.1) is 0 Å². The van der Waals surface area contributed by atoms with Crippen molar-refractivity contribution in [1.29, 1.82) is 0 Å². The van der Waals surface area contributed by atoms with Crippen molar-refractivity contribution in [3.8, 4) is 0 Å². The van der Waals surface area contributed by atoms with Crippen LogP contribution in [0.3, 0.4) is 0 Å². The van der Waals surface area contributed by atoms with E-state index in [0.29, 0.717) is 18.1 Å². The van der Waals surface area contributed by atoms with Crippen molar-refractivity contribution >= 4 is 23.5 Å². The van der Waals surface area contributed by atoms with Crippen LogP contribution >= 0.6 is 11.6 Å². The Kier molecular flexibility index (Phi) is 4.66. The van der Waals surface area contributed by atoms with Crippen LogP contribution in [-0.4, -0.2) is 22.5 Å². The van der Waals surface area contributed by atoms with Crippen molar-refractivity contribution in [3.63, 3.8) is 0 Å². The minimum absolute atomic E-state index is 0.0964. The maximum Gasteiger partial charge on any atom is 0.341 e. The van der Waals surface area contributed by atoms with Gasteiger partial charge >= 0.3 is 5.97 Å². The number of nitrogens with zero attached hydrogens (tertiary/aromatic N) is 2. The molecule has 1 aliphatic carbocycles. The first kappa shape index (κ1) is 16.6. The number of benzene rings is 1. The molecule has 0 spiro atoms. The molecule has 1 saturated carbocycles. The fraction of sp³-hybridized carbons (Fsp3) is 0.353. The van der Waals surface area contributed by atoms with E-state index in [9.17, 15) is 9.18 Å². The lowest BCUT2D eigenvalue weighted by atomic mass is 9.72. The van der Waals surface area contributed by atoms with Crippen molar-refractivity contribution in [3.05, 3.63) is 52.6 Å². The van der Waals surface area contributed by atoms with E-state index in [-0.39, 0.29) is 10.6 Å². The number of carbonyl (C=O) groups is 1. The number of nitrogens with one attached hydrogen (secondary N) is 1. The highest BCUT2D eigenvalue weighted by atomic mass is 35.5. The molecule has 1 aliphatic rings. The van der Waals surface area contributed by atoms with Gasteiger partial charge in [-0.3, -0.25) is 0 Å². The highest BCUT2D eigenvalue weighted by molar-refractivity contribution is 6.30. The summed E-state index contributed by atoms with van der Waals surface area (Å²) in [6.07, 6.45) is 5.65. The van der Waals surface area contributed by atoms with Gasteiger partial charge < -0.3 is 10.1 Å². The summed E-state index contributed by atoms with van der Waals surface area (Å²) in [7, 11) is 0. The second-order valence-electron chi connectivity index (χ2n) is 5.71. The van der Waals surface area contributed by atoms with Gasteiger partial charge in [0.05, 0.1) is 22.7 Å². The van der Waals surface area contributed by atoms with E-state index in [4.69, 9.17) is 16.3 Å². The number of aromatic nitrogens is 2. The predicted octanol–water partition coefficient (Wildman–Crippen LogP) is 3.94. The average Bonchev–Trinajstić information content (AvgIpc) is 2.54. The standard InChI is InChI=1S/C17H17ClFN3O2/c1-2-24-15(23)11-9-20-16(21-10-11)22-17(6-3-7-17)12-4-5-14(19)13(18)8-12/h4-5,8-10H,2-3,6-7H2,1H3,(H,20,21,22). The molecule has 0 radical (unpaired) electrons. The van der Waals surface area contributed by atoms with Crippen molar-refractivity contribution in [2.75, 3.05) is 11.9 Å². The highest BCUT2D eigenvalue weighted by Gasteiger charge is 2.39. The summed E-state index contributed by atoms with van der Waals surface area (Å²) in [5.74, 6) is -0.485. The summed E-state index contributed by atoms with van der Waals surface area (Å²) in [4.78, 5) is 20.0. The molecule has 0 unspecified atom stereocenters. The third-order valence-electron chi connectivity index (χ3n) is 4.19. The minimum Gasteiger partial charge on any atom is -0.462 e. The first-order chi connectivity index (χ1) is 11.5. The van der Waals surface area contributed by atoms with Crippen LogP contribution in [0.1, 0.15) is 42.1 Å². The van der Waals surface area contributed by atoms with Crippen LogP contribution in [-0.2, 0) is 10.3 Å². The van der Waals surface area contributed by atoms with E-state index in [1.165, 1.54) is 18.5 Å². The van der Waals surface area contributed by atoms with Gasteiger partial charge in [-0.2, -0.15) is 0 Å². The van der Waals surface area contributed by atoms with E-state index in [0.717, 1.165) is 24.8 Å². The quantitative estimate of drug-likeness (QED) is 0.828. The molecule has 0 saturated heterocycles. The van der Waals surface area contributed by atoms with E-state index >= 15 is 0 Å². The number of halogens is 2. The lowest BCUT2D eigenvalue weighted by Gasteiger charge is -2.43. The molecule has 0 bridgehead atoms. The third-order valence-corrected chi connectivity index (χ3v) is 4.48. The van der Waals surface area contributed by atoms with Gasteiger partial charge in [-0.25, -0.2) is 19.2 Å². The zero-order chi connectivity index (χ0) is 17.2. The van der Waals surface area contributed by atoms with E-state index in [1.54, 1.807) is 19.1 Å². The zero-order valence-corrected chi connectivity index (χ0v) is 13.9. The number of anilines is 1. The largest absolute Gasteiger partial charge is 0.462 e. The second-order valence-corrected chi connectivity index (χ2v) is 6.11. The van der Waals surface area contributed by atoms with E-state index in [1.807, 2.05) is 0 Å². The lowest BCUT2D eigenvalue weighted by Crippen LogP contribution is -2.42. The molecule has 7 heteroatoms. The van der Waals surface area contributed by atoms with Crippen molar-refractivity contribution in [1.82, 2.24) is 9.97 Å². The Bertz CT molecular complexity index is 748. The van der Waals surface area contributed by atoms with Crippen LogP contribution in [0.25, 0.3) is 0 Å². The van der Waals surface area contributed by atoms with Gasteiger partial charge in [0.25, 0.3) is 0 Å². The van der Waals surface area contributed by atoms with Crippen LogP contribution in [0.4, 0.5) is 10.3 Å². The average molecular weight is 350 g/mol. The number of carbonyl (C=O) groups excluding carboxylic acids is 1. The smallest absolute Gasteiger partial charge is 0.341 e. The third kappa shape index (κ3) is 3.19. The summed E-state index contributed by atoms with van der Waals surface area (Å²) in [5, 5.41) is 3.39. The maximum absolute atomic E-state index is 13.4. The molecule has 0 atom stereocenters. The minimum atomic E-state index is -0.451. The Morgan fingerprint density at radius 1 is 1.38 bits per heavy atom. The normalized spacial score (nSPS) is 15.5. The fourth-order valence-electron chi connectivity index (χ4n) is 2.74. The summed E-state index contributed by atoms with van der Waals surface area (Å²) < 4.78 is 18.3. The molecule has 2 aromatic rings. The van der Waals surface area contributed by atoms with Gasteiger partial charge in [0.2, 0.25) is 5.95 Å². The summed E-state index contributed by atoms with van der Waals surface area (Å²) in [6, 6.07) is 4.72. The van der Waals surface area contributed by atoms with Crippen molar-refractivity contribution < 1.29 is 13.9 Å². The maximum atomic E-state index is 13.4. The molecule has 1 N–H and O–H groups in total.